The van der Waals surface area contributed by atoms with Crippen molar-refractivity contribution < 1.29 is 30.3 Å². The number of aromatic hydroxyl groups is 1. The van der Waals surface area contributed by atoms with E-state index in [0.717, 1.165) is 83.6 Å². The molecular formula is C68H64N3OPt-. The molecule has 0 radical (unpaired) electrons. The van der Waals surface area contributed by atoms with E-state index in [1.165, 1.54) is 5.56 Å². The molecule has 0 bridgehead atoms. The van der Waals surface area contributed by atoms with Crippen molar-refractivity contribution in [3.63, 3.8) is 0 Å². The number of hydrogen-bond acceptors (Lipinski definition) is 3. The van der Waals surface area contributed by atoms with E-state index in [4.69, 9.17) is 9.97 Å². The molecule has 8 aromatic carbocycles. The number of aryl methyl sites for hydroxylation is 1. The largest absolute Gasteiger partial charge is 0.507 e. The van der Waals surface area contributed by atoms with Crippen LogP contribution in [0.15, 0.2) is 182 Å². The van der Waals surface area contributed by atoms with Crippen LogP contribution in [0.4, 0.5) is 0 Å². The second-order valence-corrected chi connectivity index (χ2v) is 21.1. The Labute approximate surface area is 451 Å². The minimum Gasteiger partial charge on any atom is -0.507 e. The summed E-state index contributed by atoms with van der Waals surface area (Å²) in [6.45, 7) is 16.9. The summed E-state index contributed by atoms with van der Waals surface area (Å²) in [5.74, 6) is 0.909. The molecule has 0 aliphatic rings. The summed E-state index contributed by atoms with van der Waals surface area (Å²) in [6.07, 6.45) is 1.86. The molecule has 0 amide bonds. The minimum absolute atomic E-state index is 0. The number of aromatic nitrogens is 3. The van der Waals surface area contributed by atoms with Gasteiger partial charge in [-0.05, 0) is 127 Å². The van der Waals surface area contributed by atoms with Crippen molar-refractivity contribution in [1.29, 1.82) is 0 Å². The Hall–Kier alpha value is -7.13. The van der Waals surface area contributed by atoms with Crippen molar-refractivity contribution in [2.45, 2.75) is 92.3 Å². The Balaban J connectivity index is 0.00000706. The van der Waals surface area contributed by atoms with Gasteiger partial charge < -0.3 is 5.11 Å². The number of nitrogens with zero attached hydrogens (tertiary/aromatic N) is 3. The molecule has 0 fully saturated rings. The van der Waals surface area contributed by atoms with E-state index in [0.29, 0.717) is 28.1 Å². The first-order valence-electron chi connectivity index (χ1n) is 26.8. The summed E-state index contributed by atoms with van der Waals surface area (Å²) in [7, 11) is 0. The molecule has 368 valence electrons. The summed E-state index contributed by atoms with van der Waals surface area (Å²) < 4.78 is 29.7. The van der Waals surface area contributed by atoms with Crippen LogP contribution in [0.2, 0.25) is 0 Å². The molecule has 0 aliphatic heterocycles. The maximum atomic E-state index is 12.4. The third-order valence-electron chi connectivity index (χ3n) is 14.1. The number of para-hydroxylation sites is 1. The van der Waals surface area contributed by atoms with Crippen molar-refractivity contribution in [2.75, 3.05) is 0 Å². The van der Waals surface area contributed by atoms with Crippen LogP contribution in [0.5, 0.6) is 5.75 Å². The van der Waals surface area contributed by atoms with E-state index in [9.17, 15) is 9.22 Å². The Morgan fingerprint density at radius 3 is 1.81 bits per heavy atom. The van der Waals surface area contributed by atoms with Crippen LogP contribution in [0.1, 0.15) is 112 Å². The number of phenols is 1. The molecule has 0 saturated heterocycles. The van der Waals surface area contributed by atoms with E-state index in [2.05, 4.69) is 184 Å². The van der Waals surface area contributed by atoms with Crippen molar-refractivity contribution in [3.8, 4) is 89.7 Å². The second-order valence-electron chi connectivity index (χ2n) is 21.1. The number of pyridine rings is 1. The number of fused-ring (bicyclic) bond motifs is 1. The smallest absolute Gasteiger partial charge is 0.148 e. The van der Waals surface area contributed by atoms with Gasteiger partial charge in [-0.25, -0.2) is 4.98 Å². The van der Waals surface area contributed by atoms with E-state index < -0.39 is 6.85 Å². The molecule has 0 atom stereocenters. The third-order valence-corrected chi connectivity index (χ3v) is 14.1. The standard InChI is InChI=1S/C68H64N3O.Pt/c1-42(2)52-39-58(44(5)6)66(72)59(40-52)67-70-65-57(24-18-26-63(65)71(67)62-32-31-51(35-45(62)7)64-56(43(3)4)23-17-25-60(64)68(8,9)10)54-36-53(47-21-15-12-16-22-47)37-55(38-54)61-41-50(33-34-69-61)49-29-27-48(28-30-49)46-19-13-11-14-20-46;/h11-37,39-44,72H,1-10H3;/q-1;/i7D3;. The molecule has 73 heavy (non-hydrogen) atoms. The van der Waals surface area contributed by atoms with E-state index in [-0.39, 0.29) is 55.5 Å². The summed E-state index contributed by atoms with van der Waals surface area (Å²) in [5, 5.41) is 12.4. The second kappa shape index (κ2) is 20.8. The number of phenolic OH excluding ortho intramolecular Hbond substituents is 1. The Bertz CT molecular complexity index is 3720. The fourth-order valence-electron chi connectivity index (χ4n) is 10.1. The van der Waals surface area contributed by atoms with Crippen LogP contribution in [0, 0.1) is 12.9 Å². The molecule has 0 saturated carbocycles. The molecular weight excluding hydrogens is 1070 g/mol. The quantitative estimate of drug-likeness (QED) is 0.131. The van der Waals surface area contributed by atoms with Crippen molar-refractivity contribution in [3.05, 3.63) is 216 Å². The van der Waals surface area contributed by atoms with Gasteiger partial charge in [-0.3, -0.25) is 9.55 Å². The normalized spacial score (nSPS) is 12.5. The zero-order chi connectivity index (χ0) is 52.9. The minimum atomic E-state index is -2.53. The van der Waals surface area contributed by atoms with Crippen LogP contribution in [-0.2, 0) is 26.5 Å². The molecule has 0 spiro atoms. The zero-order valence-corrected chi connectivity index (χ0v) is 45.4. The van der Waals surface area contributed by atoms with Gasteiger partial charge >= 0.3 is 0 Å². The van der Waals surface area contributed by atoms with Crippen molar-refractivity contribution in [2.24, 2.45) is 0 Å². The van der Waals surface area contributed by atoms with Crippen LogP contribution in [0.3, 0.4) is 0 Å². The SMILES string of the molecule is [2H]C([2H])([2H])c1cc(-c2c(C(C)C)cccc2C(C)(C)C)ccc1-n1c(-c2cc(C(C)C)cc(C(C)C)c2O)nc2c(-c3[c-]c(-c4cc(-c5ccc(-c6ccccc6)cc5)ccn4)cc(-c4ccccc4)c3)cccc21.[Pt]. The Kier molecular flexibility index (Phi) is 13.3. The van der Waals surface area contributed by atoms with Crippen molar-refractivity contribution >= 4 is 11.0 Å². The van der Waals surface area contributed by atoms with Gasteiger partial charge in [0.2, 0.25) is 0 Å². The van der Waals surface area contributed by atoms with Crippen LogP contribution in [0.25, 0.3) is 95.0 Å². The first-order chi connectivity index (χ1) is 35.8. The van der Waals surface area contributed by atoms with Gasteiger partial charge in [0.1, 0.15) is 11.6 Å². The summed E-state index contributed by atoms with van der Waals surface area (Å²) >= 11 is 0. The first kappa shape index (κ1) is 46.9. The number of benzene rings is 8. The van der Waals surface area contributed by atoms with Gasteiger partial charge in [0, 0.05) is 37.1 Å². The molecule has 10 aromatic rings. The fraction of sp³-hybridized carbons (Fsp3) is 0.206. The van der Waals surface area contributed by atoms with Crippen LogP contribution < -0.4 is 0 Å². The molecule has 1 N–H and O–H groups in total. The molecule has 4 nitrogen and oxygen atoms in total. The maximum Gasteiger partial charge on any atom is 0.148 e. The van der Waals surface area contributed by atoms with Gasteiger partial charge in [-0.15, -0.1) is 23.8 Å². The fourth-order valence-corrected chi connectivity index (χ4v) is 10.1. The van der Waals surface area contributed by atoms with Gasteiger partial charge in [-0.2, -0.15) is 0 Å². The average molecular weight is 1140 g/mol. The van der Waals surface area contributed by atoms with Gasteiger partial charge in [0.05, 0.1) is 22.3 Å². The molecule has 2 heterocycles. The van der Waals surface area contributed by atoms with Crippen molar-refractivity contribution in [1.82, 2.24) is 14.5 Å². The van der Waals surface area contributed by atoms with Crippen LogP contribution >= 0.6 is 0 Å². The van der Waals surface area contributed by atoms with Gasteiger partial charge in [0.15, 0.2) is 0 Å². The Morgan fingerprint density at radius 2 is 1.16 bits per heavy atom. The summed E-state index contributed by atoms with van der Waals surface area (Å²) in [6, 6.07) is 64.1. The zero-order valence-electron chi connectivity index (χ0n) is 46.2. The molecule has 0 aliphatic carbocycles. The van der Waals surface area contributed by atoms with E-state index in [1.54, 1.807) is 0 Å². The average Bonchev–Trinajstić information content (AvgIpc) is 3.84. The van der Waals surface area contributed by atoms with Crippen LogP contribution in [-0.4, -0.2) is 19.6 Å². The van der Waals surface area contributed by atoms with Gasteiger partial charge in [-0.1, -0.05) is 212 Å². The molecule has 2 aromatic heterocycles. The third kappa shape index (κ3) is 10.0. The maximum absolute atomic E-state index is 12.4. The number of hydrogen-bond donors (Lipinski definition) is 1. The molecule has 0 unspecified atom stereocenters. The van der Waals surface area contributed by atoms with E-state index in [1.807, 2.05) is 71.4 Å². The topological polar surface area (TPSA) is 50.9 Å². The number of rotatable bonds is 11. The molecule has 5 heteroatoms. The predicted octanol–water partition coefficient (Wildman–Crippen LogP) is 18.6. The first-order valence-corrected chi connectivity index (χ1v) is 25.3. The van der Waals surface area contributed by atoms with Gasteiger partial charge in [0.25, 0.3) is 0 Å². The monoisotopic (exact) mass is 1140 g/mol. The molecule has 10 rings (SSSR count). The summed E-state index contributed by atoms with van der Waals surface area (Å²) in [4.78, 5) is 10.5. The number of imidazole rings is 1. The predicted molar refractivity (Wildman–Crippen MR) is 303 cm³/mol. The van der Waals surface area contributed by atoms with E-state index >= 15 is 0 Å². The Morgan fingerprint density at radius 1 is 0.548 bits per heavy atom. The summed E-state index contributed by atoms with van der Waals surface area (Å²) in [5.41, 5.74) is 18.0.